The minimum atomic E-state index is -3.48. The fourth-order valence-electron chi connectivity index (χ4n) is 2.69. The van der Waals surface area contributed by atoms with Gasteiger partial charge in [0.05, 0.1) is 5.02 Å². The maximum Gasteiger partial charge on any atom is 0.287 e. The zero-order chi connectivity index (χ0) is 21.2. The van der Waals surface area contributed by atoms with Gasteiger partial charge in [-0.05, 0) is 29.8 Å². The number of halogens is 5. The number of aliphatic hydroxyl groups is 1. The zero-order valence-electron chi connectivity index (χ0n) is 14.7. The van der Waals surface area contributed by atoms with Crippen LogP contribution < -0.4 is 4.74 Å². The van der Waals surface area contributed by atoms with E-state index in [0.29, 0.717) is 16.3 Å². The molecule has 1 N–H and O–H groups in total. The van der Waals surface area contributed by atoms with Crippen LogP contribution in [0.25, 0.3) is 0 Å². The largest absolute Gasteiger partial charge is 0.487 e. The van der Waals surface area contributed by atoms with Crippen molar-refractivity contribution in [3.05, 3.63) is 64.7 Å². The molecule has 0 saturated carbocycles. The summed E-state index contributed by atoms with van der Waals surface area (Å²) in [7, 11) is 0. The number of carbonyl (C=O) groups excluding carboxylic acids is 1. The van der Waals surface area contributed by atoms with E-state index in [2.05, 4.69) is 5.10 Å². The number of nitrogens with zero attached hydrogens (tertiary/aromatic N) is 2. The van der Waals surface area contributed by atoms with Crippen LogP contribution in [0.4, 0.5) is 17.6 Å². The molecule has 0 fully saturated rings. The normalized spacial score (nSPS) is 19.0. The Morgan fingerprint density at radius 2 is 1.83 bits per heavy atom. The Kier molecular flexibility index (Phi) is 6.09. The Morgan fingerprint density at radius 1 is 1.17 bits per heavy atom. The third-order valence-electron chi connectivity index (χ3n) is 4.26. The first-order valence-electron chi connectivity index (χ1n) is 8.39. The number of benzene rings is 2. The molecular formula is C19H15ClF4N2O3. The first kappa shape index (κ1) is 21.1. The summed E-state index contributed by atoms with van der Waals surface area (Å²) in [5, 5.41) is 13.7. The quantitative estimate of drug-likeness (QED) is 0.693. The second-order valence-electron chi connectivity index (χ2n) is 6.28. The van der Waals surface area contributed by atoms with Gasteiger partial charge in [0.25, 0.3) is 18.8 Å². The Bertz CT molecular complexity index is 924. The molecule has 1 aliphatic heterocycles. The molecule has 0 spiro atoms. The predicted molar refractivity (Wildman–Crippen MR) is 97.4 cm³/mol. The van der Waals surface area contributed by atoms with Gasteiger partial charge in [0.1, 0.15) is 18.1 Å². The number of hydrogen-bond donors (Lipinski definition) is 1. The number of rotatable bonds is 6. The Hall–Kier alpha value is -2.65. The lowest BCUT2D eigenvalue weighted by molar-refractivity contribution is -0.164. The average molecular weight is 431 g/mol. The van der Waals surface area contributed by atoms with Crippen LogP contribution in [0.2, 0.25) is 5.02 Å². The first-order valence-corrected chi connectivity index (χ1v) is 8.77. The topological polar surface area (TPSA) is 62.1 Å². The molecule has 29 heavy (non-hydrogen) atoms. The van der Waals surface area contributed by atoms with Crippen molar-refractivity contribution in [3.8, 4) is 5.75 Å². The molecule has 3 rings (SSSR count). The molecule has 0 bridgehead atoms. The number of hydrazone groups is 1. The highest BCUT2D eigenvalue weighted by molar-refractivity contribution is 6.32. The maximum atomic E-state index is 13.3. The minimum absolute atomic E-state index is 0.0222. The van der Waals surface area contributed by atoms with Crippen LogP contribution in [0.5, 0.6) is 5.75 Å². The monoisotopic (exact) mass is 430 g/mol. The fraction of sp³-hybridized carbons (Fsp3) is 0.263. The standard InChI is InChI=1S/C19H15ClF4N2O3/c20-13-3-1-2-4-15(13)29-10-11-5-7-12(8-6-11)17(27)26-19(28,18(23)24)9-14(25-26)16(21)22/h1-8,16,18,28H,9-10H2/t19-/m0/s1. The van der Waals surface area contributed by atoms with E-state index in [1.54, 1.807) is 24.3 Å². The highest BCUT2D eigenvalue weighted by atomic mass is 35.5. The summed E-state index contributed by atoms with van der Waals surface area (Å²) in [6, 6.07) is 12.4. The third-order valence-corrected chi connectivity index (χ3v) is 4.57. The average Bonchev–Trinajstić information content (AvgIpc) is 3.07. The Labute approximate surface area is 168 Å². The molecule has 0 saturated heterocycles. The van der Waals surface area contributed by atoms with Crippen molar-refractivity contribution in [2.24, 2.45) is 5.10 Å². The third kappa shape index (κ3) is 4.35. The van der Waals surface area contributed by atoms with Crippen LogP contribution in [-0.2, 0) is 6.61 Å². The predicted octanol–water partition coefficient (Wildman–Crippen LogP) is 4.34. The van der Waals surface area contributed by atoms with Gasteiger partial charge in [-0.1, -0.05) is 35.9 Å². The van der Waals surface area contributed by atoms with E-state index in [1.165, 1.54) is 24.3 Å². The van der Waals surface area contributed by atoms with Gasteiger partial charge in [-0.25, -0.2) is 17.6 Å². The van der Waals surface area contributed by atoms with Crippen molar-refractivity contribution >= 4 is 23.2 Å². The van der Waals surface area contributed by atoms with Crippen LogP contribution in [0, 0.1) is 0 Å². The maximum absolute atomic E-state index is 13.3. The van der Waals surface area contributed by atoms with Gasteiger partial charge in [0, 0.05) is 12.0 Å². The van der Waals surface area contributed by atoms with E-state index in [4.69, 9.17) is 16.3 Å². The molecule has 2 aromatic rings. The van der Waals surface area contributed by atoms with E-state index < -0.39 is 36.6 Å². The molecule has 0 unspecified atom stereocenters. The Balaban J connectivity index is 1.75. The molecule has 1 aliphatic rings. The first-order chi connectivity index (χ1) is 13.7. The molecule has 0 aromatic heterocycles. The van der Waals surface area contributed by atoms with Crippen LogP contribution in [0.3, 0.4) is 0 Å². The van der Waals surface area contributed by atoms with Crippen molar-refractivity contribution in [1.82, 2.24) is 5.01 Å². The lowest BCUT2D eigenvalue weighted by Gasteiger charge is -2.30. The van der Waals surface area contributed by atoms with Crippen LogP contribution in [-0.4, -0.2) is 40.3 Å². The fourth-order valence-corrected chi connectivity index (χ4v) is 2.88. The van der Waals surface area contributed by atoms with E-state index in [0.717, 1.165) is 0 Å². The van der Waals surface area contributed by atoms with Gasteiger partial charge in [-0.3, -0.25) is 4.79 Å². The number of ether oxygens (including phenoxy) is 1. The van der Waals surface area contributed by atoms with Gasteiger partial charge < -0.3 is 9.84 Å². The number of carbonyl (C=O) groups is 1. The SMILES string of the molecule is O=C(c1ccc(COc2ccccc2Cl)cc1)N1N=C(C(F)F)C[C@]1(O)C(F)F. The minimum Gasteiger partial charge on any atom is -0.487 e. The van der Waals surface area contributed by atoms with Crippen molar-refractivity contribution in [2.45, 2.75) is 31.6 Å². The summed E-state index contributed by atoms with van der Waals surface area (Å²) in [5.74, 6) is -0.663. The number of hydrogen-bond acceptors (Lipinski definition) is 4. The van der Waals surface area contributed by atoms with Crippen LogP contribution in [0.1, 0.15) is 22.3 Å². The molecular weight excluding hydrogens is 416 g/mol. The summed E-state index contributed by atoms with van der Waals surface area (Å²) in [4.78, 5) is 12.5. The molecule has 154 valence electrons. The lowest BCUT2D eigenvalue weighted by Crippen LogP contribution is -2.51. The second-order valence-corrected chi connectivity index (χ2v) is 6.69. The molecule has 1 atom stereocenters. The highest BCUT2D eigenvalue weighted by Gasteiger charge is 2.53. The van der Waals surface area contributed by atoms with Crippen LogP contribution in [0.15, 0.2) is 53.6 Å². The Morgan fingerprint density at radius 3 is 2.41 bits per heavy atom. The van der Waals surface area contributed by atoms with Crippen molar-refractivity contribution in [3.63, 3.8) is 0 Å². The highest BCUT2D eigenvalue weighted by Crippen LogP contribution is 2.34. The molecule has 5 nitrogen and oxygen atoms in total. The lowest BCUT2D eigenvalue weighted by atomic mass is 10.1. The van der Waals surface area contributed by atoms with Gasteiger partial charge in [-0.15, -0.1) is 0 Å². The molecule has 10 heteroatoms. The summed E-state index contributed by atoms with van der Waals surface area (Å²) in [6.45, 7) is 0.122. The molecule has 1 amide bonds. The molecule has 2 aromatic carbocycles. The van der Waals surface area contributed by atoms with E-state index in [1.807, 2.05) is 0 Å². The van der Waals surface area contributed by atoms with Crippen molar-refractivity contribution in [2.75, 3.05) is 0 Å². The van der Waals surface area contributed by atoms with Crippen molar-refractivity contribution in [1.29, 1.82) is 0 Å². The molecule has 0 radical (unpaired) electrons. The summed E-state index contributed by atoms with van der Waals surface area (Å²) >= 11 is 5.99. The summed E-state index contributed by atoms with van der Waals surface area (Å²) in [6.07, 6.45) is -7.77. The van der Waals surface area contributed by atoms with Crippen molar-refractivity contribution < 1.29 is 32.2 Å². The van der Waals surface area contributed by atoms with Crippen LogP contribution >= 0.6 is 11.6 Å². The number of amides is 1. The smallest absolute Gasteiger partial charge is 0.287 e. The van der Waals surface area contributed by atoms with E-state index >= 15 is 0 Å². The molecule has 0 aliphatic carbocycles. The summed E-state index contributed by atoms with van der Waals surface area (Å²) < 4.78 is 57.8. The molecule has 1 heterocycles. The van der Waals surface area contributed by atoms with E-state index in [9.17, 15) is 27.5 Å². The second kappa shape index (κ2) is 8.38. The van der Waals surface area contributed by atoms with Gasteiger partial charge >= 0.3 is 0 Å². The zero-order valence-corrected chi connectivity index (χ0v) is 15.5. The number of alkyl halides is 4. The summed E-state index contributed by atoms with van der Waals surface area (Å²) in [5.41, 5.74) is -3.56. The van der Waals surface area contributed by atoms with Gasteiger partial charge in [0.2, 0.25) is 5.72 Å². The van der Waals surface area contributed by atoms with Gasteiger partial charge in [0.15, 0.2) is 0 Å². The van der Waals surface area contributed by atoms with Gasteiger partial charge in [-0.2, -0.15) is 10.1 Å². The van der Waals surface area contributed by atoms with E-state index in [-0.39, 0.29) is 17.2 Å². The number of para-hydroxylation sites is 1.